The summed E-state index contributed by atoms with van der Waals surface area (Å²) in [7, 11) is 0. The van der Waals surface area contributed by atoms with Gasteiger partial charge in [0.25, 0.3) is 11.1 Å². The summed E-state index contributed by atoms with van der Waals surface area (Å²) >= 11 is 3.23. The van der Waals surface area contributed by atoms with Crippen molar-refractivity contribution in [2.24, 2.45) is 0 Å². The number of amides is 2. The van der Waals surface area contributed by atoms with E-state index in [2.05, 4.69) is 22.6 Å². The van der Waals surface area contributed by atoms with E-state index in [-0.39, 0.29) is 11.1 Å². The summed E-state index contributed by atoms with van der Waals surface area (Å²) < 4.78 is 1.12. The van der Waals surface area contributed by atoms with Gasteiger partial charge in [0.2, 0.25) is 0 Å². The largest absolute Gasteiger partial charge is 0.293 e. The Bertz CT molecular complexity index is 799. The number of imide groups is 1. The van der Waals surface area contributed by atoms with Gasteiger partial charge in [-0.1, -0.05) is 36.4 Å². The molecule has 116 valence electrons. The zero-order valence-electron chi connectivity index (χ0n) is 12.5. The Morgan fingerprint density at radius 1 is 1.09 bits per heavy atom. The first-order valence-corrected chi connectivity index (χ1v) is 8.99. The fourth-order valence-electron chi connectivity index (χ4n) is 2.30. The summed E-state index contributed by atoms with van der Waals surface area (Å²) in [6.45, 7) is 2.30. The van der Waals surface area contributed by atoms with Crippen LogP contribution in [-0.2, 0) is 11.3 Å². The highest BCUT2D eigenvalue weighted by Crippen LogP contribution is 2.33. The Morgan fingerprint density at radius 2 is 1.78 bits per heavy atom. The lowest BCUT2D eigenvalue weighted by Gasteiger charge is -2.12. The molecule has 23 heavy (non-hydrogen) atoms. The van der Waals surface area contributed by atoms with Crippen LogP contribution in [0.25, 0.3) is 6.08 Å². The molecule has 0 radical (unpaired) electrons. The van der Waals surface area contributed by atoms with E-state index in [1.165, 1.54) is 4.90 Å². The average molecular weight is 435 g/mol. The molecule has 0 bridgehead atoms. The van der Waals surface area contributed by atoms with Gasteiger partial charge < -0.3 is 0 Å². The second-order valence-electron chi connectivity index (χ2n) is 5.25. The van der Waals surface area contributed by atoms with Gasteiger partial charge in [0.15, 0.2) is 0 Å². The lowest BCUT2D eigenvalue weighted by molar-refractivity contribution is -0.123. The third kappa shape index (κ3) is 3.67. The average Bonchev–Trinajstić information content (AvgIpc) is 2.79. The fourth-order valence-corrected chi connectivity index (χ4v) is 3.49. The van der Waals surface area contributed by atoms with Crippen molar-refractivity contribution < 1.29 is 9.59 Å². The van der Waals surface area contributed by atoms with Gasteiger partial charge in [-0.2, -0.15) is 0 Å². The molecule has 0 saturated carbocycles. The van der Waals surface area contributed by atoms with Gasteiger partial charge in [0.1, 0.15) is 0 Å². The van der Waals surface area contributed by atoms with Gasteiger partial charge in [0, 0.05) is 3.57 Å². The Labute approximate surface area is 152 Å². The standard InChI is InChI=1S/C18H14INO2S/c1-12-4-2-3-5-14(12)10-16-17(21)20(18(22)23-16)11-13-6-8-15(19)9-7-13/h2-10H,11H2,1H3/b16-10-. The van der Waals surface area contributed by atoms with Gasteiger partial charge in [-0.25, -0.2) is 0 Å². The van der Waals surface area contributed by atoms with E-state index in [0.717, 1.165) is 32.0 Å². The number of halogens is 1. The highest BCUT2D eigenvalue weighted by Gasteiger charge is 2.34. The van der Waals surface area contributed by atoms with Crippen LogP contribution < -0.4 is 0 Å². The molecule has 0 atom stereocenters. The summed E-state index contributed by atoms with van der Waals surface area (Å²) in [6.07, 6.45) is 1.80. The van der Waals surface area contributed by atoms with Crippen LogP contribution in [0.4, 0.5) is 4.79 Å². The van der Waals surface area contributed by atoms with E-state index in [4.69, 9.17) is 0 Å². The second kappa shape index (κ2) is 6.88. The molecule has 1 saturated heterocycles. The smallest absolute Gasteiger partial charge is 0.268 e. The van der Waals surface area contributed by atoms with Crippen LogP contribution in [0.5, 0.6) is 0 Å². The molecule has 1 heterocycles. The number of aryl methyl sites for hydroxylation is 1. The van der Waals surface area contributed by atoms with Gasteiger partial charge in [-0.3, -0.25) is 14.5 Å². The van der Waals surface area contributed by atoms with E-state index < -0.39 is 0 Å². The predicted molar refractivity (Wildman–Crippen MR) is 102 cm³/mol. The topological polar surface area (TPSA) is 37.4 Å². The third-order valence-corrected chi connectivity index (χ3v) is 5.23. The van der Waals surface area contributed by atoms with E-state index >= 15 is 0 Å². The normalized spacial score (nSPS) is 16.4. The molecule has 0 aromatic heterocycles. The van der Waals surface area contributed by atoms with Gasteiger partial charge in [0.05, 0.1) is 11.4 Å². The van der Waals surface area contributed by atoms with Crippen molar-refractivity contribution in [1.29, 1.82) is 0 Å². The number of hydrogen-bond donors (Lipinski definition) is 0. The minimum absolute atomic E-state index is 0.214. The summed E-state index contributed by atoms with van der Waals surface area (Å²) in [6, 6.07) is 15.6. The van der Waals surface area contributed by atoms with Crippen molar-refractivity contribution in [3.05, 3.63) is 73.7 Å². The van der Waals surface area contributed by atoms with Crippen molar-refractivity contribution in [3.63, 3.8) is 0 Å². The SMILES string of the molecule is Cc1ccccc1/C=C1\SC(=O)N(Cc2ccc(I)cc2)C1=O. The lowest BCUT2D eigenvalue weighted by atomic mass is 10.1. The fraction of sp³-hybridized carbons (Fsp3) is 0.111. The van der Waals surface area contributed by atoms with Crippen LogP contribution in [0.3, 0.4) is 0 Å². The summed E-state index contributed by atoms with van der Waals surface area (Å²) in [5.74, 6) is -0.221. The maximum Gasteiger partial charge on any atom is 0.293 e. The molecule has 0 N–H and O–H groups in total. The molecule has 0 spiro atoms. The maximum absolute atomic E-state index is 12.5. The number of benzene rings is 2. The van der Waals surface area contributed by atoms with Gasteiger partial charge in [-0.05, 0) is 76.2 Å². The van der Waals surface area contributed by atoms with Crippen molar-refractivity contribution in [3.8, 4) is 0 Å². The molecular weight excluding hydrogens is 421 g/mol. The highest BCUT2D eigenvalue weighted by molar-refractivity contribution is 14.1. The van der Waals surface area contributed by atoms with Crippen molar-refractivity contribution >= 4 is 51.6 Å². The van der Waals surface area contributed by atoms with Crippen LogP contribution in [0, 0.1) is 10.5 Å². The van der Waals surface area contributed by atoms with Crippen LogP contribution in [0.2, 0.25) is 0 Å². The minimum atomic E-state index is -0.221. The molecule has 0 unspecified atom stereocenters. The number of thioether (sulfide) groups is 1. The number of carbonyl (C=O) groups excluding carboxylic acids is 2. The number of rotatable bonds is 3. The molecular formula is C18H14INO2S. The Kier molecular flexibility index (Phi) is 4.87. The molecule has 1 aliphatic rings. The Balaban J connectivity index is 1.82. The van der Waals surface area contributed by atoms with Crippen molar-refractivity contribution in [1.82, 2.24) is 4.90 Å². The molecule has 1 fully saturated rings. The Hall–Kier alpha value is -1.60. The van der Waals surface area contributed by atoms with E-state index in [1.807, 2.05) is 55.5 Å². The van der Waals surface area contributed by atoms with Crippen LogP contribution in [-0.4, -0.2) is 16.0 Å². The van der Waals surface area contributed by atoms with Crippen LogP contribution in [0.1, 0.15) is 16.7 Å². The highest BCUT2D eigenvalue weighted by atomic mass is 127. The van der Waals surface area contributed by atoms with Gasteiger partial charge >= 0.3 is 0 Å². The van der Waals surface area contributed by atoms with E-state index in [1.54, 1.807) is 6.08 Å². The van der Waals surface area contributed by atoms with Crippen molar-refractivity contribution in [2.45, 2.75) is 13.5 Å². The number of nitrogens with zero attached hydrogens (tertiary/aromatic N) is 1. The van der Waals surface area contributed by atoms with Crippen LogP contribution >= 0.6 is 34.4 Å². The molecule has 2 aromatic rings. The first-order valence-electron chi connectivity index (χ1n) is 7.10. The summed E-state index contributed by atoms with van der Waals surface area (Å²) in [5, 5.41) is -0.214. The quantitative estimate of drug-likeness (QED) is 0.512. The summed E-state index contributed by atoms with van der Waals surface area (Å²) in [5.41, 5.74) is 2.99. The molecule has 3 nitrogen and oxygen atoms in total. The summed E-state index contributed by atoms with van der Waals surface area (Å²) in [4.78, 5) is 26.5. The monoisotopic (exact) mass is 435 g/mol. The molecule has 2 aromatic carbocycles. The van der Waals surface area contributed by atoms with Gasteiger partial charge in [-0.15, -0.1) is 0 Å². The van der Waals surface area contributed by atoms with Crippen LogP contribution in [0.15, 0.2) is 53.4 Å². The lowest BCUT2D eigenvalue weighted by Crippen LogP contribution is -2.27. The second-order valence-corrected chi connectivity index (χ2v) is 7.49. The molecule has 0 aliphatic carbocycles. The third-order valence-electron chi connectivity index (χ3n) is 3.60. The zero-order chi connectivity index (χ0) is 16.4. The number of carbonyl (C=O) groups is 2. The molecule has 3 rings (SSSR count). The van der Waals surface area contributed by atoms with E-state index in [9.17, 15) is 9.59 Å². The number of hydrogen-bond acceptors (Lipinski definition) is 3. The molecule has 2 amide bonds. The molecule has 1 aliphatic heterocycles. The minimum Gasteiger partial charge on any atom is -0.268 e. The predicted octanol–water partition coefficient (Wildman–Crippen LogP) is 4.84. The molecule has 5 heteroatoms. The first-order chi connectivity index (χ1) is 11.0. The maximum atomic E-state index is 12.5. The van der Waals surface area contributed by atoms with Crippen molar-refractivity contribution in [2.75, 3.05) is 0 Å². The van der Waals surface area contributed by atoms with E-state index in [0.29, 0.717) is 11.4 Å². The zero-order valence-corrected chi connectivity index (χ0v) is 15.4. The first kappa shape index (κ1) is 16.3. The Morgan fingerprint density at radius 3 is 2.48 bits per heavy atom.